The zero-order chi connectivity index (χ0) is 17.1. The summed E-state index contributed by atoms with van der Waals surface area (Å²) >= 11 is 6.04. The second-order valence-corrected chi connectivity index (χ2v) is 5.88. The predicted molar refractivity (Wildman–Crippen MR) is 94.0 cm³/mol. The highest BCUT2D eigenvalue weighted by Crippen LogP contribution is 2.34. The number of carbonyl (C=O) groups excluding carboxylic acids is 2. The van der Waals surface area contributed by atoms with Crippen molar-refractivity contribution in [3.8, 4) is 5.75 Å². The third-order valence-corrected chi connectivity index (χ3v) is 4.25. The van der Waals surface area contributed by atoms with Crippen molar-refractivity contribution in [2.75, 3.05) is 23.9 Å². The zero-order valence-electron chi connectivity index (χ0n) is 13.2. The van der Waals surface area contributed by atoms with Crippen LogP contribution in [0.1, 0.15) is 23.2 Å². The summed E-state index contributed by atoms with van der Waals surface area (Å²) in [5.74, 6) is 0.330. The van der Waals surface area contributed by atoms with Crippen LogP contribution in [0.25, 0.3) is 0 Å². The van der Waals surface area contributed by atoms with E-state index in [0.29, 0.717) is 35.0 Å². The average molecular weight is 345 g/mol. The van der Waals surface area contributed by atoms with E-state index in [0.717, 1.165) is 12.1 Å². The van der Waals surface area contributed by atoms with E-state index in [-0.39, 0.29) is 11.8 Å². The van der Waals surface area contributed by atoms with Gasteiger partial charge in [-0.2, -0.15) is 0 Å². The summed E-state index contributed by atoms with van der Waals surface area (Å²) in [5.41, 5.74) is 1.69. The number of anilines is 2. The van der Waals surface area contributed by atoms with E-state index in [1.165, 1.54) is 0 Å². The summed E-state index contributed by atoms with van der Waals surface area (Å²) in [7, 11) is 1.54. The molecular formula is C18H17ClN2O3. The van der Waals surface area contributed by atoms with Gasteiger partial charge in [0.25, 0.3) is 5.91 Å². The Morgan fingerprint density at radius 3 is 2.71 bits per heavy atom. The van der Waals surface area contributed by atoms with E-state index in [2.05, 4.69) is 5.32 Å². The number of methoxy groups -OCH3 is 1. The smallest absolute Gasteiger partial charge is 0.257 e. The number of benzene rings is 2. The lowest BCUT2D eigenvalue weighted by atomic mass is 10.2. The van der Waals surface area contributed by atoms with Gasteiger partial charge in [0.05, 0.1) is 23.4 Å². The number of amides is 2. The predicted octanol–water partition coefficient (Wildman–Crippen LogP) is 3.73. The molecule has 1 aliphatic rings. The molecule has 0 unspecified atom stereocenters. The Labute approximate surface area is 145 Å². The van der Waals surface area contributed by atoms with Crippen LogP contribution in [0.15, 0.2) is 42.5 Å². The largest absolute Gasteiger partial charge is 0.494 e. The third kappa shape index (κ3) is 3.21. The molecule has 0 aromatic heterocycles. The topological polar surface area (TPSA) is 58.6 Å². The third-order valence-electron chi connectivity index (χ3n) is 3.92. The molecule has 5 nitrogen and oxygen atoms in total. The van der Waals surface area contributed by atoms with Crippen molar-refractivity contribution in [2.24, 2.45) is 0 Å². The summed E-state index contributed by atoms with van der Waals surface area (Å²) < 4.78 is 5.39. The molecule has 3 rings (SSSR count). The van der Waals surface area contributed by atoms with Crippen molar-refractivity contribution in [2.45, 2.75) is 12.8 Å². The lowest BCUT2D eigenvalue weighted by Crippen LogP contribution is -2.24. The van der Waals surface area contributed by atoms with Gasteiger partial charge in [-0.15, -0.1) is 0 Å². The molecule has 2 amide bonds. The number of carbonyl (C=O) groups is 2. The SMILES string of the molecule is COc1cc(NC(=O)c2ccccc2Cl)ccc1N1CCCC1=O. The number of ether oxygens (including phenoxy) is 1. The standard InChI is InChI=1S/C18H17ClN2O3/c1-24-16-11-12(8-9-15(16)21-10-4-7-17(21)22)20-18(23)13-5-2-3-6-14(13)19/h2-3,5-6,8-9,11H,4,7,10H2,1H3,(H,20,23). The van der Waals surface area contributed by atoms with Crippen LogP contribution in [0.2, 0.25) is 5.02 Å². The first kappa shape index (κ1) is 16.3. The first-order valence-corrected chi connectivity index (χ1v) is 8.02. The van der Waals surface area contributed by atoms with E-state index in [1.807, 2.05) is 0 Å². The van der Waals surface area contributed by atoms with Gasteiger partial charge in [-0.3, -0.25) is 9.59 Å². The van der Waals surface area contributed by atoms with Crippen LogP contribution in [0.3, 0.4) is 0 Å². The minimum absolute atomic E-state index is 0.0844. The van der Waals surface area contributed by atoms with Crippen molar-refractivity contribution in [1.82, 2.24) is 0 Å². The highest BCUT2D eigenvalue weighted by Gasteiger charge is 2.24. The number of hydrogen-bond donors (Lipinski definition) is 1. The van der Waals surface area contributed by atoms with E-state index < -0.39 is 0 Å². The Kier molecular flexibility index (Phi) is 4.71. The van der Waals surface area contributed by atoms with Crippen molar-refractivity contribution in [3.63, 3.8) is 0 Å². The van der Waals surface area contributed by atoms with Gasteiger partial charge in [-0.05, 0) is 30.7 Å². The maximum Gasteiger partial charge on any atom is 0.257 e. The van der Waals surface area contributed by atoms with Crippen LogP contribution < -0.4 is 15.0 Å². The van der Waals surface area contributed by atoms with E-state index in [4.69, 9.17) is 16.3 Å². The molecule has 0 saturated carbocycles. The van der Waals surface area contributed by atoms with Crippen molar-refractivity contribution in [3.05, 3.63) is 53.1 Å². The van der Waals surface area contributed by atoms with Crippen LogP contribution in [-0.4, -0.2) is 25.5 Å². The van der Waals surface area contributed by atoms with Gasteiger partial charge >= 0.3 is 0 Å². The van der Waals surface area contributed by atoms with E-state index >= 15 is 0 Å². The number of hydrogen-bond acceptors (Lipinski definition) is 3. The first-order valence-electron chi connectivity index (χ1n) is 7.64. The molecular weight excluding hydrogens is 328 g/mol. The average Bonchev–Trinajstić information content (AvgIpc) is 3.01. The summed E-state index contributed by atoms with van der Waals surface area (Å²) in [6.45, 7) is 0.681. The Morgan fingerprint density at radius 1 is 1.25 bits per heavy atom. The summed E-state index contributed by atoms with van der Waals surface area (Å²) in [4.78, 5) is 25.9. The molecule has 2 aromatic carbocycles. The van der Waals surface area contributed by atoms with Crippen LogP contribution in [0.4, 0.5) is 11.4 Å². The van der Waals surface area contributed by atoms with Crippen molar-refractivity contribution >= 4 is 34.8 Å². The number of nitrogens with zero attached hydrogens (tertiary/aromatic N) is 1. The molecule has 0 spiro atoms. The molecule has 124 valence electrons. The fraction of sp³-hybridized carbons (Fsp3) is 0.222. The van der Waals surface area contributed by atoms with Crippen molar-refractivity contribution < 1.29 is 14.3 Å². The molecule has 0 radical (unpaired) electrons. The maximum atomic E-state index is 12.3. The molecule has 0 aliphatic carbocycles. The summed E-state index contributed by atoms with van der Waals surface area (Å²) in [6.07, 6.45) is 1.39. The lowest BCUT2D eigenvalue weighted by molar-refractivity contribution is -0.117. The van der Waals surface area contributed by atoms with Gasteiger partial charge in [0, 0.05) is 24.7 Å². The van der Waals surface area contributed by atoms with Gasteiger partial charge in [-0.25, -0.2) is 0 Å². The fourth-order valence-electron chi connectivity index (χ4n) is 2.73. The molecule has 1 aliphatic heterocycles. The molecule has 0 atom stereocenters. The Bertz CT molecular complexity index is 792. The quantitative estimate of drug-likeness (QED) is 0.919. The number of halogens is 1. The maximum absolute atomic E-state index is 12.3. The van der Waals surface area contributed by atoms with E-state index in [1.54, 1.807) is 54.5 Å². The van der Waals surface area contributed by atoms with Gasteiger partial charge in [0.15, 0.2) is 0 Å². The summed E-state index contributed by atoms with van der Waals surface area (Å²) in [6, 6.07) is 12.1. The van der Waals surface area contributed by atoms with Crippen LogP contribution >= 0.6 is 11.6 Å². The van der Waals surface area contributed by atoms with E-state index in [9.17, 15) is 9.59 Å². The van der Waals surface area contributed by atoms with Gasteiger partial charge in [0.1, 0.15) is 5.75 Å². The second-order valence-electron chi connectivity index (χ2n) is 5.47. The molecule has 1 heterocycles. The first-order chi connectivity index (χ1) is 11.6. The van der Waals surface area contributed by atoms with Crippen LogP contribution in [-0.2, 0) is 4.79 Å². The minimum atomic E-state index is -0.298. The zero-order valence-corrected chi connectivity index (χ0v) is 14.0. The molecule has 1 N–H and O–H groups in total. The Balaban J connectivity index is 1.83. The molecule has 6 heteroatoms. The minimum Gasteiger partial charge on any atom is -0.494 e. The molecule has 0 bridgehead atoms. The normalized spacial score (nSPS) is 13.9. The van der Waals surface area contributed by atoms with Crippen molar-refractivity contribution in [1.29, 1.82) is 0 Å². The van der Waals surface area contributed by atoms with Gasteiger partial charge < -0.3 is 15.0 Å². The lowest BCUT2D eigenvalue weighted by Gasteiger charge is -2.19. The van der Waals surface area contributed by atoms with Crippen LogP contribution in [0, 0.1) is 0 Å². The number of rotatable bonds is 4. The van der Waals surface area contributed by atoms with Gasteiger partial charge in [-0.1, -0.05) is 23.7 Å². The Hall–Kier alpha value is -2.53. The summed E-state index contributed by atoms with van der Waals surface area (Å²) in [5, 5.41) is 3.19. The highest BCUT2D eigenvalue weighted by molar-refractivity contribution is 6.34. The molecule has 24 heavy (non-hydrogen) atoms. The molecule has 1 fully saturated rings. The second kappa shape index (κ2) is 6.93. The Morgan fingerprint density at radius 2 is 2.04 bits per heavy atom. The fourth-order valence-corrected chi connectivity index (χ4v) is 2.95. The van der Waals surface area contributed by atoms with Gasteiger partial charge in [0.2, 0.25) is 5.91 Å². The molecule has 2 aromatic rings. The van der Waals surface area contributed by atoms with Crippen LogP contribution in [0.5, 0.6) is 5.75 Å². The monoisotopic (exact) mass is 344 g/mol. The number of nitrogens with one attached hydrogen (secondary N) is 1. The molecule has 1 saturated heterocycles. The highest BCUT2D eigenvalue weighted by atomic mass is 35.5.